The van der Waals surface area contributed by atoms with E-state index in [2.05, 4.69) is 15.3 Å². The average molecular weight is 472 g/mol. The van der Waals surface area contributed by atoms with Gasteiger partial charge < -0.3 is 5.32 Å². The Balaban J connectivity index is 1.92. The van der Waals surface area contributed by atoms with Crippen LogP contribution in [0.4, 0.5) is 5.82 Å². The van der Waals surface area contributed by atoms with E-state index in [1.807, 2.05) is 13.8 Å². The number of hydrogen-bond acceptors (Lipinski definition) is 5. The van der Waals surface area contributed by atoms with E-state index in [0.29, 0.717) is 26.1 Å². The molecule has 0 bridgehead atoms. The molecule has 152 valence electrons. The lowest BCUT2D eigenvalue weighted by Gasteiger charge is -2.18. The number of nitrogens with zero attached hydrogens (tertiary/aromatic N) is 3. The maximum absolute atomic E-state index is 12.9. The Bertz CT molecular complexity index is 1150. The summed E-state index contributed by atoms with van der Waals surface area (Å²) in [5, 5.41) is 4.09. The summed E-state index contributed by atoms with van der Waals surface area (Å²) in [4.78, 5) is 34.2. The predicted octanol–water partition coefficient (Wildman–Crippen LogP) is 5.45. The van der Waals surface area contributed by atoms with Crippen molar-refractivity contribution in [1.29, 1.82) is 0 Å². The molecule has 2 aromatic heterocycles. The summed E-state index contributed by atoms with van der Waals surface area (Å²) in [6.07, 6.45) is 1.39. The number of aromatic nitrogens is 3. The van der Waals surface area contributed by atoms with Crippen molar-refractivity contribution in [3.8, 4) is 0 Å². The molecule has 1 amide bonds. The van der Waals surface area contributed by atoms with Gasteiger partial charge in [-0.05, 0) is 45.0 Å². The second-order valence-electron chi connectivity index (χ2n) is 6.56. The van der Waals surface area contributed by atoms with Crippen LogP contribution in [0.3, 0.4) is 0 Å². The molecule has 0 aliphatic rings. The molecule has 1 N–H and O–H groups in total. The zero-order valence-electron chi connectivity index (χ0n) is 15.7. The summed E-state index contributed by atoms with van der Waals surface area (Å²) in [5.41, 5.74) is 0.302. The molecular weight excluding hydrogens is 455 g/mol. The van der Waals surface area contributed by atoms with Crippen LogP contribution in [-0.2, 0) is 4.79 Å². The van der Waals surface area contributed by atoms with E-state index < -0.39 is 5.25 Å². The number of hydrogen-bond donors (Lipinski definition) is 1. The number of anilines is 1. The molecule has 2 heterocycles. The van der Waals surface area contributed by atoms with Crippen molar-refractivity contribution in [3.05, 3.63) is 55.9 Å². The highest BCUT2D eigenvalue weighted by atomic mass is 35.5. The molecule has 1 unspecified atom stereocenters. The number of fused-ring (bicyclic) bond motifs is 1. The van der Waals surface area contributed by atoms with Gasteiger partial charge in [0.15, 0.2) is 11.0 Å². The van der Waals surface area contributed by atoms with Gasteiger partial charge >= 0.3 is 0 Å². The molecular formula is C19H17Cl3N4O2S. The summed E-state index contributed by atoms with van der Waals surface area (Å²) in [7, 11) is 0. The van der Waals surface area contributed by atoms with Crippen LogP contribution in [0.15, 0.2) is 40.4 Å². The second-order valence-corrected chi connectivity index (χ2v) is 9.15. The van der Waals surface area contributed by atoms with Crippen molar-refractivity contribution in [3.63, 3.8) is 0 Å². The number of thioether (sulfide) groups is 1. The van der Waals surface area contributed by atoms with Gasteiger partial charge in [-0.1, -0.05) is 46.6 Å². The third-order valence-corrected chi connectivity index (χ3v) is 5.84. The molecule has 0 aliphatic carbocycles. The maximum atomic E-state index is 12.9. The third kappa shape index (κ3) is 4.86. The number of pyridine rings is 1. The van der Waals surface area contributed by atoms with Gasteiger partial charge in [0, 0.05) is 17.3 Å². The Hall–Kier alpha value is -1.80. The van der Waals surface area contributed by atoms with Gasteiger partial charge in [0.1, 0.15) is 0 Å². The Labute approximate surface area is 186 Å². The maximum Gasteiger partial charge on any atom is 0.262 e. The fraction of sp³-hybridized carbons (Fsp3) is 0.263. The van der Waals surface area contributed by atoms with Crippen LogP contribution in [-0.4, -0.2) is 25.7 Å². The van der Waals surface area contributed by atoms with Gasteiger partial charge in [-0.25, -0.2) is 9.97 Å². The molecule has 0 saturated heterocycles. The summed E-state index contributed by atoms with van der Waals surface area (Å²) < 4.78 is 1.57. The van der Waals surface area contributed by atoms with E-state index in [9.17, 15) is 9.59 Å². The van der Waals surface area contributed by atoms with Crippen LogP contribution in [0.25, 0.3) is 10.9 Å². The highest BCUT2D eigenvalue weighted by molar-refractivity contribution is 8.00. The van der Waals surface area contributed by atoms with E-state index in [4.69, 9.17) is 34.8 Å². The topological polar surface area (TPSA) is 76.9 Å². The SMILES string of the molecule is CC(Sc1nc2cc(Cl)ccc2c(=O)n1C(C)C)C(=O)Nc1ncc(Cl)cc1Cl. The van der Waals surface area contributed by atoms with Crippen molar-refractivity contribution in [2.75, 3.05) is 5.32 Å². The van der Waals surface area contributed by atoms with Crippen LogP contribution in [0.5, 0.6) is 0 Å². The van der Waals surface area contributed by atoms with Gasteiger partial charge in [-0.3, -0.25) is 14.2 Å². The first-order valence-corrected chi connectivity index (χ1v) is 10.7. The van der Waals surface area contributed by atoms with Gasteiger partial charge in [0.05, 0.1) is 26.2 Å². The van der Waals surface area contributed by atoms with E-state index in [-0.39, 0.29) is 28.3 Å². The summed E-state index contributed by atoms with van der Waals surface area (Å²) >= 11 is 19.1. The number of nitrogens with one attached hydrogen (secondary N) is 1. The fourth-order valence-corrected chi connectivity index (χ4v) is 4.26. The number of halogens is 3. The number of carbonyl (C=O) groups is 1. The number of rotatable bonds is 5. The molecule has 0 aliphatic heterocycles. The predicted molar refractivity (Wildman–Crippen MR) is 120 cm³/mol. The van der Waals surface area contributed by atoms with Crippen molar-refractivity contribution >= 4 is 69.2 Å². The van der Waals surface area contributed by atoms with Crippen LogP contribution in [0.2, 0.25) is 15.1 Å². The monoisotopic (exact) mass is 470 g/mol. The summed E-state index contributed by atoms with van der Waals surface area (Å²) in [6.45, 7) is 5.48. The highest BCUT2D eigenvalue weighted by Crippen LogP contribution is 2.28. The fourth-order valence-electron chi connectivity index (χ4n) is 2.63. The van der Waals surface area contributed by atoms with Crippen molar-refractivity contribution in [2.45, 2.75) is 37.2 Å². The van der Waals surface area contributed by atoms with Crippen molar-refractivity contribution < 1.29 is 4.79 Å². The number of carbonyl (C=O) groups excluding carboxylic acids is 1. The lowest BCUT2D eigenvalue weighted by Crippen LogP contribution is -2.28. The molecule has 6 nitrogen and oxygen atoms in total. The molecule has 3 aromatic rings. The van der Waals surface area contributed by atoms with Gasteiger partial charge in [-0.2, -0.15) is 0 Å². The van der Waals surface area contributed by atoms with Gasteiger partial charge in [0.2, 0.25) is 5.91 Å². The van der Waals surface area contributed by atoms with Crippen LogP contribution >= 0.6 is 46.6 Å². The minimum Gasteiger partial charge on any atom is -0.308 e. The normalized spacial score (nSPS) is 12.4. The van der Waals surface area contributed by atoms with E-state index in [0.717, 1.165) is 0 Å². The summed E-state index contributed by atoms with van der Waals surface area (Å²) in [6, 6.07) is 6.30. The zero-order valence-corrected chi connectivity index (χ0v) is 18.8. The Morgan fingerprint density at radius 1 is 1.14 bits per heavy atom. The minimum atomic E-state index is -0.572. The first-order chi connectivity index (χ1) is 13.7. The molecule has 0 spiro atoms. The molecule has 1 atom stereocenters. The first kappa shape index (κ1) is 21.9. The molecule has 0 saturated carbocycles. The lowest BCUT2D eigenvalue weighted by molar-refractivity contribution is -0.115. The highest BCUT2D eigenvalue weighted by Gasteiger charge is 2.21. The minimum absolute atomic E-state index is 0.139. The molecule has 0 radical (unpaired) electrons. The Morgan fingerprint density at radius 2 is 1.86 bits per heavy atom. The average Bonchev–Trinajstić information content (AvgIpc) is 2.63. The van der Waals surface area contributed by atoms with Crippen LogP contribution in [0, 0.1) is 0 Å². The lowest BCUT2D eigenvalue weighted by atomic mass is 10.2. The van der Waals surface area contributed by atoms with Gasteiger partial charge in [-0.15, -0.1) is 0 Å². The standard InChI is InChI=1S/C19H17Cl3N4O2S/c1-9(2)26-18(28)13-5-4-11(20)7-15(13)24-19(26)29-10(3)17(27)25-16-14(22)6-12(21)8-23-16/h4-10H,1-3H3,(H,23,25,27). The molecule has 29 heavy (non-hydrogen) atoms. The quantitative estimate of drug-likeness (QED) is 0.395. The molecule has 10 heteroatoms. The Kier molecular flexibility index (Phi) is 6.73. The molecule has 3 rings (SSSR count). The largest absolute Gasteiger partial charge is 0.308 e. The van der Waals surface area contributed by atoms with E-state index in [1.165, 1.54) is 24.0 Å². The first-order valence-electron chi connectivity index (χ1n) is 8.67. The van der Waals surface area contributed by atoms with E-state index in [1.54, 1.807) is 29.7 Å². The van der Waals surface area contributed by atoms with Gasteiger partial charge in [0.25, 0.3) is 5.56 Å². The third-order valence-electron chi connectivity index (χ3n) is 4.05. The molecule has 0 fully saturated rings. The van der Waals surface area contributed by atoms with Crippen LogP contribution in [0.1, 0.15) is 26.8 Å². The van der Waals surface area contributed by atoms with Crippen LogP contribution < -0.4 is 10.9 Å². The number of amides is 1. The zero-order chi connectivity index (χ0) is 21.3. The van der Waals surface area contributed by atoms with Crippen molar-refractivity contribution in [1.82, 2.24) is 14.5 Å². The van der Waals surface area contributed by atoms with E-state index >= 15 is 0 Å². The summed E-state index contributed by atoms with van der Waals surface area (Å²) in [5.74, 6) is -0.115. The Morgan fingerprint density at radius 3 is 2.52 bits per heavy atom. The molecule has 1 aromatic carbocycles. The second kappa shape index (κ2) is 8.92. The number of benzene rings is 1. The van der Waals surface area contributed by atoms with Crippen molar-refractivity contribution in [2.24, 2.45) is 0 Å². The smallest absolute Gasteiger partial charge is 0.262 e.